The van der Waals surface area contributed by atoms with Crippen LogP contribution in [0.1, 0.15) is 23.2 Å². The summed E-state index contributed by atoms with van der Waals surface area (Å²) >= 11 is 0. The number of carbonyl (C=O) groups is 1. The van der Waals surface area contributed by atoms with Crippen molar-refractivity contribution in [2.24, 2.45) is 0 Å². The molecule has 26 heavy (non-hydrogen) atoms. The number of anilines is 2. The lowest BCUT2D eigenvalue weighted by Gasteiger charge is -2.18. The highest BCUT2D eigenvalue weighted by molar-refractivity contribution is 6.05. The summed E-state index contributed by atoms with van der Waals surface area (Å²) in [6, 6.07) is 12.8. The Labute approximate surface area is 151 Å². The molecule has 1 aliphatic rings. The monoisotopic (exact) mass is 348 g/mol. The van der Waals surface area contributed by atoms with Crippen LogP contribution in [0.5, 0.6) is 5.75 Å². The van der Waals surface area contributed by atoms with E-state index in [4.69, 9.17) is 4.74 Å². The minimum atomic E-state index is -0.183. The Morgan fingerprint density at radius 3 is 2.77 bits per heavy atom. The van der Waals surface area contributed by atoms with Crippen LogP contribution < -0.4 is 15.0 Å². The average molecular weight is 348 g/mol. The molecular formula is C20H20N4O2. The zero-order valence-electron chi connectivity index (χ0n) is 14.6. The van der Waals surface area contributed by atoms with Gasteiger partial charge >= 0.3 is 0 Å². The van der Waals surface area contributed by atoms with E-state index in [0.717, 1.165) is 29.8 Å². The Bertz CT molecular complexity index is 951. The molecule has 6 heteroatoms. The van der Waals surface area contributed by atoms with E-state index in [2.05, 4.69) is 20.2 Å². The van der Waals surface area contributed by atoms with Gasteiger partial charge in [-0.1, -0.05) is 6.07 Å². The van der Waals surface area contributed by atoms with Crippen molar-refractivity contribution in [1.29, 1.82) is 0 Å². The molecule has 3 aromatic rings. The van der Waals surface area contributed by atoms with Crippen LogP contribution in [0.2, 0.25) is 0 Å². The summed E-state index contributed by atoms with van der Waals surface area (Å²) in [6.07, 6.45) is 3.98. The molecule has 6 nitrogen and oxygen atoms in total. The lowest BCUT2D eigenvalue weighted by atomic mass is 10.1. The number of rotatable bonds is 4. The maximum absolute atomic E-state index is 12.5. The van der Waals surface area contributed by atoms with Crippen molar-refractivity contribution in [3.63, 3.8) is 0 Å². The zero-order chi connectivity index (χ0) is 17.9. The standard InChI is InChI=1S/C20H20N4O2/c1-26-16-6-4-5-14(11-16)20(25)23-15-7-8-17-18(12-15)21-13-22-19(17)24-9-2-3-10-24/h4-8,11-13H,2-3,9-10H2,1H3,(H,23,25). The van der Waals surface area contributed by atoms with Gasteiger partial charge in [-0.15, -0.1) is 0 Å². The molecule has 0 unspecified atom stereocenters. The minimum absolute atomic E-state index is 0.183. The van der Waals surface area contributed by atoms with Gasteiger partial charge in [0.15, 0.2) is 0 Å². The van der Waals surface area contributed by atoms with Crippen molar-refractivity contribution in [2.75, 3.05) is 30.4 Å². The number of benzene rings is 2. The highest BCUT2D eigenvalue weighted by atomic mass is 16.5. The minimum Gasteiger partial charge on any atom is -0.497 e. The molecule has 1 saturated heterocycles. The van der Waals surface area contributed by atoms with Gasteiger partial charge < -0.3 is 15.0 Å². The summed E-state index contributed by atoms with van der Waals surface area (Å²) in [7, 11) is 1.58. The molecule has 0 atom stereocenters. The van der Waals surface area contributed by atoms with Crippen molar-refractivity contribution in [1.82, 2.24) is 9.97 Å². The first-order valence-electron chi connectivity index (χ1n) is 8.70. The van der Waals surface area contributed by atoms with Crippen LogP contribution in [0.25, 0.3) is 10.9 Å². The van der Waals surface area contributed by atoms with E-state index in [1.807, 2.05) is 24.3 Å². The van der Waals surface area contributed by atoms with Gasteiger partial charge in [-0.25, -0.2) is 9.97 Å². The molecule has 4 rings (SSSR count). The Balaban J connectivity index is 1.60. The topological polar surface area (TPSA) is 67.3 Å². The van der Waals surface area contributed by atoms with Gasteiger partial charge in [-0.3, -0.25) is 4.79 Å². The summed E-state index contributed by atoms with van der Waals surface area (Å²) in [5.74, 6) is 1.44. The number of aromatic nitrogens is 2. The molecule has 2 aromatic carbocycles. The SMILES string of the molecule is COc1cccc(C(=O)Nc2ccc3c(N4CCCC4)ncnc3c2)c1. The van der Waals surface area contributed by atoms with E-state index >= 15 is 0 Å². The fraction of sp³-hybridized carbons (Fsp3) is 0.250. The third-order valence-electron chi connectivity index (χ3n) is 4.61. The van der Waals surface area contributed by atoms with Crippen LogP contribution in [-0.4, -0.2) is 36.1 Å². The maximum atomic E-state index is 12.5. The quantitative estimate of drug-likeness (QED) is 0.782. The van der Waals surface area contributed by atoms with E-state index in [1.165, 1.54) is 12.8 Å². The Kier molecular flexibility index (Phi) is 4.39. The van der Waals surface area contributed by atoms with Crippen LogP contribution in [0.4, 0.5) is 11.5 Å². The molecule has 0 bridgehead atoms. The second-order valence-electron chi connectivity index (χ2n) is 6.31. The van der Waals surface area contributed by atoms with Crippen molar-refractivity contribution < 1.29 is 9.53 Å². The number of methoxy groups -OCH3 is 1. The molecule has 1 N–H and O–H groups in total. The number of amides is 1. The van der Waals surface area contributed by atoms with Crippen molar-refractivity contribution in [3.8, 4) is 5.75 Å². The Morgan fingerprint density at radius 2 is 1.96 bits per heavy atom. The summed E-state index contributed by atoms with van der Waals surface area (Å²) < 4.78 is 5.17. The first kappa shape index (κ1) is 16.3. The average Bonchev–Trinajstić information content (AvgIpc) is 3.22. The summed E-state index contributed by atoms with van der Waals surface area (Å²) in [4.78, 5) is 23.6. The van der Waals surface area contributed by atoms with Gasteiger partial charge in [-0.2, -0.15) is 0 Å². The lowest BCUT2D eigenvalue weighted by molar-refractivity contribution is 0.102. The van der Waals surface area contributed by atoms with Crippen molar-refractivity contribution in [2.45, 2.75) is 12.8 Å². The van der Waals surface area contributed by atoms with Gasteiger partial charge in [0.05, 0.1) is 12.6 Å². The van der Waals surface area contributed by atoms with Gasteiger partial charge in [-0.05, 0) is 49.2 Å². The zero-order valence-corrected chi connectivity index (χ0v) is 14.6. The number of carbonyl (C=O) groups excluding carboxylic acids is 1. The Morgan fingerprint density at radius 1 is 1.12 bits per heavy atom. The molecule has 1 aromatic heterocycles. The number of hydrogen-bond donors (Lipinski definition) is 1. The third kappa shape index (κ3) is 3.18. The van der Waals surface area contributed by atoms with E-state index in [-0.39, 0.29) is 5.91 Å². The van der Waals surface area contributed by atoms with Crippen LogP contribution in [0.3, 0.4) is 0 Å². The molecule has 0 saturated carbocycles. The fourth-order valence-corrected chi connectivity index (χ4v) is 3.27. The molecule has 0 radical (unpaired) electrons. The van der Waals surface area contributed by atoms with Gasteiger partial charge in [0.1, 0.15) is 17.9 Å². The van der Waals surface area contributed by atoms with Crippen LogP contribution >= 0.6 is 0 Å². The second-order valence-corrected chi connectivity index (χ2v) is 6.31. The predicted molar refractivity (Wildman–Crippen MR) is 102 cm³/mol. The highest BCUT2D eigenvalue weighted by Gasteiger charge is 2.17. The summed E-state index contributed by atoms with van der Waals surface area (Å²) in [6.45, 7) is 2.06. The van der Waals surface area contributed by atoms with Gasteiger partial charge in [0.2, 0.25) is 0 Å². The van der Waals surface area contributed by atoms with Crippen LogP contribution in [0.15, 0.2) is 48.8 Å². The molecular weight excluding hydrogens is 328 g/mol. The van der Waals surface area contributed by atoms with E-state index in [9.17, 15) is 4.79 Å². The summed E-state index contributed by atoms with van der Waals surface area (Å²) in [5.41, 5.74) is 2.08. The first-order chi connectivity index (χ1) is 12.7. The number of fused-ring (bicyclic) bond motifs is 1. The number of hydrogen-bond acceptors (Lipinski definition) is 5. The van der Waals surface area contributed by atoms with Crippen molar-refractivity contribution >= 4 is 28.3 Å². The summed E-state index contributed by atoms with van der Waals surface area (Å²) in [5, 5.41) is 3.93. The number of nitrogens with zero attached hydrogens (tertiary/aromatic N) is 3. The third-order valence-corrected chi connectivity index (χ3v) is 4.61. The van der Waals surface area contributed by atoms with E-state index in [1.54, 1.807) is 31.6 Å². The van der Waals surface area contributed by atoms with E-state index < -0.39 is 0 Å². The number of nitrogens with one attached hydrogen (secondary N) is 1. The fourth-order valence-electron chi connectivity index (χ4n) is 3.27. The molecule has 1 amide bonds. The predicted octanol–water partition coefficient (Wildman–Crippen LogP) is 3.49. The first-order valence-corrected chi connectivity index (χ1v) is 8.70. The molecule has 2 heterocycles. The largest absolute Gasteiger partial charge is 0.497 e. The normalized spacial score (nSPS) is 13.8. The lowest BCUT2D eigenvalue weighted by Crippen LogP contribution is -2.19. The molecule has 0 spiro atoms. The molecule has 132 valence electrons. The number of ether oxygens (including phenoxy) is 1. The van der Waals surface area contributed by atoms with Crippen LogP contribution in [0, 0.1) is 0 Å². The highest BCUT2D eigenvalue weighted by Crippen LogP contribution is 2.28. The smallest absolute Gasteiger partial charge is 0.255 e. The van der Waals surface area contributed by atoms with Crippen LogP contribution in [-0.2, 0) is 0 Å². The van der Waals surface area contributed by atoms with Gasteiger partial charge in [0, 0.05) is 29.7 Å². The van der Waals surface area contributed by atoms with Crippen molar-refractivity contribution in [3.05, 3.63) is 54.4 Å². The molecule has 1 fully saturated rings. The van der Waals surface area contributed by atoms with E-state index in [0.29, 0.717) is 17.0 Å². The second kappa shape index (κ2) is 7.00. The molecule has 0 aliphatic carbocycles. The maximum Gasteiger partial charge on any atom is 0.255 e. The van der Waals surface area contributed by atoms with Gasteiger partial charge in [0.25, 0.3) is 5.91 Å². The Hall–Kier alpha value is -3.15. The molecule has 1 aliphatic heterocycles.